The fraction of sp³-hybridized carbons (Fsp3) is 0.360. The van der Waals surface area contributed by atoms with E-state index in [1.165, 1.54) is 4.67 Å². The largest absolute Gasteiger partial charge is 0.462 e. The second kappa shape index (κ2) is 12.4. The lowest BCUT2D eigenvalue weighted by Gasteiger charge is -2.36. The molecule has 0 aliphatic carbocycles. The third-order valence-corrected chi connectivity index (χ3v) is 6.60. The van der Waals surface area contributed by atoms with Gasteiger partial charge in [-0.2, -0.15) is 5.26 Å². The van der Waals surface area contributed by atoms with Gasteiger partial charge in [-0.25, -0.2) is 9.36 Å². The Bertz CT molecular complexity index is 1020. The summed E-state index contributed by atoms with van der Waals surface area (Å²) < 4.78 is 32.7. The standard InChI is InChI=1S/C25H31N2O5P/c1-6-30-25(28)23(17-26)24(22-15-11-8-12-16-22)27(18-21-13-9-7-10-14-21)33(29,31-19(2)3)32-20(4)5/h7-16,19-20H,6,18H2,1-5H3. The first-order valence-corrected chi connectivity index (χ1v) is 12.4. The molecule has 0 atom stereocenters. The minimum absolute atomic E-state index is 0.0758. The van der Waals surface area contributed by atoms with Crippen LogP contribution in [0.1, 0.15) is 45.7 Å². The number of hydrogen-bond donors (Lipinski definition) is 0. The number of rotatable bonds is 11. The summed E-state index contributed by atoms with van der Waals surface area (Å²) in [4.78, 5) is 12.8. The Morgan fingerprint density at radius 1 is 0.970 bits per heavy atom. The zero-order valence-corrected chi connectivity index (χ0v) is 20.6. The third kappa shape index (κ3) is 7.30. The number of ether oxygens (including phenoxy) is 1. The first-order valence-electron chi connectivity index (χ1n) is 10.9. The molecular weight excluding hydrogens is 439 g/mol. The molecule has 0 aromatic heterocycles. The Balaban J connectivity index is 2.86. The molecule has 7 nitrogen and oxygen atoms in total. The average molecular weight is 471 g/mol. The first kappa shape index (κ1) is 26.3. The number of nitrogens with zero attached hydrogens (tertiary/aromatic N) is 2. The van der Waals surface area contributed by atoms with Crippen molar-refractivity contribution in [1.29, 1.82) is 5.26 Å². The van der Waals surface area contributed by atoms with E-state index >= 15 is 0 Å². The highest BCUT2D eigenvalue weighted by molar-refractivity contribution is 7.51. The average Bonchev–Trinajstić information content (AvgIpc) is 2.76. The highest BCUT2D eigenvalue weighted by atomic mass is 31.2. The van der Waals surface area contributed by atoms with Crippen molar-refractivity contribution in [1.82, 2.24) is 4.67 Å². The van der Waals surface area contributed by atoms with E-state index in [2.05, 4.69) is 0 Å². The molecule has 0 aliphatic heterocycles. The van der Waals surface area contributed by atoms with Gasteiger partial charge in [0.05, 0.1) is 31.1 Å². The van der Waals surface area contributed by atoms with Crippen molar-refractivity contribution >= 4 is 19.4 Å². The van der Waals surface area contributed by atoms with Crippen LogP contribution in [0.25, 0.3) is 5.70 Å². The molecule has 2 aromatic carbocycles. The summed E-state index contributed by atoms with van der Waals surface area (Å²) in [6.07, 6.45) is -0.893. The van der Waals surface area contributed by atoms with Crippen LogP contribution in [-0.2, 0) is 29.7 Å². The van der Waals surface area contributed by atoms with Crippen LogP contribution in [0.2, 0.25) is 0 Å². The predicted octanol–water partition coefficient (Wildman–Crippen LogP) is 5.94. The minimum Gasteiger partial charge on any atom is -0.462 e. The van der Waals surface area contributed by atoms with E-state index in [1.54, 1.807) is 58.9 Å². The molecule has 2 aromatic rings. The second-order valence-corrected chi connectivity index (χ2v) is 9.58. The Morgan fingerprint density at radius 3 is 1.94 bits per heavy atom. The van der Waals surface area contributed by atoms with Crippen LogP contribution in [0.3, 0.4) is 0 Å². The van der Waals surface area contributed by atoms with Crippen molar-refractivity contribution in [3.05, 3.63) is 77.4 Å². The number of hydrogen-bond acceptors (Lipinski definition) is 6. The van der Waals surface area contributed by atoms with Gasteiger partial charge < -0.3 is 4.74 Å². The van der Waals surface area contributed by atoms with Gasteiger partial charge in [-0.3, -0.25) is 13.7 Å². The lowest BCUT2D eigenvalue weighted by molar-refractivity contribution is -0.137. The van der Waals surface area contributed by atoms with Crippen LogP contribution in [0.5, 0.6) is 0 Å². The van der Waals surface area contributed by atoms with Gasteiger partial charge in [0.25, 0.3) is 0 Å². The zero-order chi connectivity index (χ0) is 24.4. The summed E-state index contributed by atoms with van der Waals surface area (Å²) in [5.74, 6) is -0.808. The molecule has 0 bridgehead atoms. The number of carbonyl (C=O) groups excluding carboxylic acids is 1. The van der Waals surface area contributed by atoms with Gasteiger partial charge in [0, 0.05) is 0 Å². The van der Waals surface area contributed by atoms with Crippen molar-refractivity contribution in [3.63, 3.8) is 0 Å². The minimum atomic E-state index is -4.04. The molecule has 0 radical (unpaired) electrons. The normalized spacial score (nSPS) is 12.3. The Kier molecular flexibility index (Phi) is 9.87. The van der Waals surface area contributed by atoms with Gasteiger partial charge in [0.2, 0.25) is 0 Å². The van der Waals surface area contributed by atoms with Crippen LogP contribution < -0.4 is 0 Å². The molecule has 0 saturated carbocycles. The molecule has 0 spiro atoms. The Labute approximate surface area is 196 Å². The number of benzene rings is 2. The molecule has 176 valence electrons. The number of esters is 1. The summed E-state index contributed by atoms with van der Waals surface area (Å²) >= 11 is 0. The lowest BCUT2D eigenvalue weighted by atomic mass is 10.1. The molecule has 2 rings (SSSR count). The highest BCUT2D eigenvalue weighted by Crippen LogP contribution is 2.58. The summed E-state index contributed by atoms with van der Waals surface area (Å²) in [6.45, 7) is 8.82. The fourth-order valence-electron chi connectivity index (χ4n) is 3.13. The third-order valence-electron chi connectivity index (χ3n) is 4.29. The van der Waals surface area contributed by atoms with E-state index in [0.29, 0.717) is 5.56 Å². The summed E-state index contributed by atoms with van der Waals surface area (Å²) in [7, 11) is -4.04. The van der Waals surface area contributed by atoms with E-state index in [0.717, 1.165) is 5.56 Å². The van der Waals surface area contributed by atoms with Crippen molar-refractivity contribution in [3.8, 4) is 6.07 Å². The van der Waals surface area contributed by atoms with Crippen LogP contribution in [0.4, 0.5) is 0 Å². The van der Waals surface area contributed by atoms with Gasteiger partial charge in [-0.15, -0.1) is 0 Å². The van der Waals surface area contributed by atoms with E-state index in [1.807, 2.05) is 42.5 Å². The molecule has 0 heterocycles. The maximum atomic E-state index is 14.3. The van der Waals surface area contributed by atoms with Crippen molar-refractivity contribution in [2.45, 2.75) is 53.4 Å². The molecule has 8 heteroatoms. The second-order valence-electron chi connectivity index (χ2n) is 7.74. The Hall–Kier alpha value is -2.91. The van der Waals surface area contributed by atoms with Crippen LogP contribution >= 0.6 is 7.75 Å². The molecular formula is C25H31N2O5P. The summed E-state index contributed by atoms with van der Waals surface area (Å²) in [6, 6.07) is 20.1. The number of nitriles is 1. The monoisotopic (exact) mass is 470 g/mol. The topological polar surface area (TPSA) is 88.9 Å². The van der Waals surface area contributed by atoms with Gasteiger partial charge in [-0.05, 0) is 45.7 Å². The number of carbonyl (C=O) groups is 1. The first-order chi connectivity index (χ1) is 15.7. The molecule has 0 N–H and O–H groups in total. The van der Waals surface area contributed by atoms with E-state index in [-0.39, 0.29) is 24.4 Å². The Morgan fingerprint density at radius 2 is 1.48 bits per heavy atom. The van der Waals surface area contributed by atoms with Gasteiger partial charge in [-0.1, -0.05) is 60.7 Å². The van der Waals surface area contributed by atoms with E-state index in [4.69, 9.17) is 13.8 Å². The zero-order valence-electron chi connectivity index (χ0n) is 19.7. The predicted molar refractivity (Wildman–Crippen MR) is 128 cm³/mol. The maximum absolute atomic E-state index is 14.3. The van der Waals surface area contributed by atoms with Crippen molar-refractivity contribution in [2.24, 2.45) is 0 Å². The molecule has 0 fully saturated rings. The van der Waals surface area contributed by atoms with Crippen molar-refractivity contribution < 1.29 is 23.1 Å². The van der Waals surface area contributed by atoms with Crippen LogP contribution in [0.15, 0.2) is 66.2 Å². The smallest absolute Gasteiger partial charge is 0.436 e. The van der Waals surface area contributed by atoms with Gasteiger partial charge >= 0.3 is 13.7 Å². The summed E-state index contributed by atoms with van der Waals surface area (Å²) in [5, 5.41) is 9.99. The van der Waals surface area contributed by atoms with E-state index in [9.17, 15) is 14.6 Å². The SMILES string of the molecule is CCOC(=O)C(C#N)=C(c1ccccc1)N(Cc1ccccc1)P(=O)(OC(C)C)OC(C)C. The molecule has 0 amide bonds. The summed E-state index contributed by atoms with van der Waals surface area (Å²) in [5.41, 5.74) is 1.16. The molecule has 0 saturated heterocycles. The van der Waals surface area contributed by atoms with E-state index < -0.39 is 25.9 Å². The lowest BCUT2D eigenvalue weighted by Crippen LogP contribution is -2.27. The molecule has 0 aliphatic rings. The fourth-order valence-corrected chi connectivity index (χ4v) is 5.27. The van der Waals surface area contributed by atoms with Gasteiger partial charge in [0.15, 0.2) is 5.57 Å². The van der Waals surface area contributed by atoms with Crippen LogP contribution in [-0.4, -0.2) is 29.5 Å². The van der Waals surface area contributed by atoms with Gasteiger partial charge in [0.1, 0.15) is 6.07 Å². The highest BCUT2D eigenvalue weighted by Gasteiger charge is 2.40. The van der Waals surface area contributed by atoms with Crippen LogP contribution in [0, 0.1) is 11.3 Å². The quantitative estimate of drug-likeness (QED) is 0.174. The van der Waals surface area contributed by atoms with Crippen molar-refractivity contribution in [2.75, 3.05) is 6.61 Å². The maximum Gasteiger partial charge on any atom is 0.436 e. The molecule has 33 heavy (non-hydrogen) atoms. The molecule has 0 unspecified atom stereocenters.